The number of anilines is 3. The standard InChI is InChI=1S/C13H25N7O/c1-6-15-11-16-12(19(5)9-10(21)14-4)18-13(17-11)20(7-2)8-3/h6-9H2,1-5H3,(H,14,21)(H,15,16,17,18). The van der Waals surface area contributed by atoms with Crippen LogP contribution in [0, 0.1) is 0 Å². The Balaban J connectivity index is 3.09. The van der Waals surface area contributed by atoms with E-state index in [2.05, 4.69) is 25.6 Å². The molecule has 0 aromatic carbocycles. The summed E-state index contributed by atoms with van der Waals surface area (Å²) in [5, 5.41) is 5.68. The van der Waals surface area contributed by atoms with E-state index < -0.39 is 0 Å². The Kier molecular flexibility index (Phi) is 6.64. The summed E-state index contributed by atoms with van der Waals surface area (Å²) in [5.41, 5.74) is 0. The van der Waals surface area contributed by atoms with E-state index in [-0.39, 0.29) is 12.5 Å². The van der Waals surface area contributed by atoms with E-state index in [0.717, 1.165) is 19.6 Å². The van der Waals surface area contributed by atoms with E-state index in [9.17, 15) is 4.79 Å². The number of nitrogens with one attached hydrogen (secondary N) is 2. The number of hydrogen-bond donors (Lipinski definition) is 2. The second kappa shape index (κ2) is 8.23. The summed E-state index contributed by atoms with van der Waals surface area (Å²) in [4.78, 5) is 28.4. The number of likely N-dealkylation sites (N-methyl/N-ethyl adjacent to an activating group) is 2. The number of hydrogen-bond acceptors (Lipinski definition) is 7. The summed E-state index contributed by atoms with van der Waals surface area (Å²) in [6.45, 7) is 8.62. The molecule has 0 fully saturated rings. The molecule has 1 aromatic heterocycles. The van der Waals surface area contributed by atoms with Gasteiger partial charge in [0.1, 0.15) is 0 Å². The van der Waals surface area contributed by atoms with Crippen molar-refractivity contribution in [3.63, 3.8) is 0 Å². The fourth-order valence-corrected chi connectivity index (χ4v) is 1.77. The van der Waals surface area contributed by atoms with E-state index in [4.69, 9.17) is 0 Å². The SMILES string of the molecule is CCNc1nc(N(C)CC(=O)NC)nc(N(CC)CC)n1. The van der Waals surface area contributed by atoms with Crippen LogP contribution in [0.3, 0.4) is 0 Å². The molecular formula is C13H25N7O. The van der Waals surface area contributed by atoms with E-state index in [0.29, 0.717) is 17.8 Å². The van der Waals surface area contributed by atoms with Crippen LogP contribution >= 0.6 is 0 Å². The largest absolute Gasteiger partial charge is 0.358 e. The van der Waals surface area contributed by atoms with E-state index >= 15 is 0 Å². The van der Waals surface area contributed by atoms with E-state index in [1.165, 1.54) is 0 Å². The van der Waals surface area contributed by atoms with Crippen molar-refractivity contribution in [3.05, 3.63) is 0 Å². The van der Waals surface area contributed by atoms with Gasteiger partial charge in [-0.15, -0.1) is 0 Å². The molecule has 0 aliphatic rings. The van der Waals surface area contributed by atoms with Crippen molar-refractivity contribution in [2.45, 2.75) is 20.8 Å². The Labute approximate surface area is 126 Å². The molecule has 0 unspecified atom stereocenters. The molecular weight excluding hydrogens is 270 g/mol. The van der Waals surface area contributed by atoms with Gasteiger partial charge in [-0.3, -0.25) is 4.79 Å². The molecule has 8 nitrogen and oxygen atoms in total. The van der Waals surface area contributed by atoms with Crippen molar-refractivity contribution in [1.82, 2.24) is 20.3 Å². The van der Waals surface area contributed by atoms with Gasteiger partial charge in [-0.05, 0) is 20.8 Å². The van der Waals surface area contributed by atoms with Gasteiger partial charge in [0, 0.05) is 33.7 Å². The minimum absolute atomic E-state index is 0.0905. The lowest BCUT2D eigenvalue weighted by molar-refractivity contribution is -0.119. The first-order chi connectivity index (χ1) is 10.0. The van der Waals surface area contributed by atoms with Crippen LogP contribution in [0.1, 0.15) is 20.8 Å². The van der Waals surface area contributed by atoms with Crippen molar-refractivity contribution in [2.24, 2.45) is 0 Å². The zero-order valence-corrected chi connectivity index (χ0v) is 13.5. The molecule has 1 heterocycles. The molecule has 0 atom stereocenters. The van der Waals surface area contributed by atoms with Crippen LogP contribution in [0.15, 0.2) is 0 Å². The summed E-state index contributed by atoms with van der Waals surface area (Å²) in [5.74, 6) is 1.52. The van der Waals surface area contributed by atoms with Gasteiger partial charge in [-0.25, -0.2) is 0 Å². The van der Waals surface area contributed by atoms with Crippen LogP contribution in [-0.2, 0) is 4.79 Å². The monoisotopic (exact) mass is 295 g/mol. The topological polar surface area (TPSA) is 86.3 Å². The van der Waals surface area contributed by atoms with Crippen LogP contribution in [0.25, 0.3) is 0 Å². The molecule has 0 saturated heterocycles. The van der Waals surface area contributed by atoms with E-state index in [1.54, 1.807) is 19.0 Å². The first-order valence-electron chi connectivity index (χ1n) is 7.22. The second-order valence-corrected chi connectivity index (χ2v) is 4.49. The fraction of sp³-hybridized carbons (Fsp3) is 0.692. The maximum atomic E-state index is 11.5. The highest BCUT2D eigenvalue weighted by Crippen LogP contribution is 2.15. The molecule has 1 rings (SSSR count). The quantitative estimate of drug-likeness (QED) is 0.715. The van der Waals surface area contributed by atoms with Crippen LogP contribution in [0.5, 0.6) is 0 Å². The Hall–Kier alpha value is -2.12. The van der Waals surface area contributed by atoms with Crippen LogP contribution in [-0.4, -0.2) is 61.1 Å². The zero-order valence-electron chi connectivity index (χ0n) is 13.5. The highest BCUT2D eigenvalue weighted by atomic mass is 16.1. The molecule has 0 aliphatic carbocycles. The smallest absolute Gasteiger partial charge is 0.239 e. The highest BCUT2D eigenvalue weighted by Gasteiger charge is 2.15. The van der Waals surface area contributed by atoms with Gasteiger partial charge < -0.3 is 20.4 Å². The van der Waals surface area contributed by atoms with Gasteiger partial charge in [0.15, 0.2) is 0 Å². The Bertz CT molecular complexity index is 462. The first-order valence-corrected chi connectivity index (χ1v) is 7.22. The second-order valence-electron chi connectivity index (χ2n) is 4.49. The minimum Gasteiger partial charge on any atom is -0.358 e. The third kappa shape index (κ3) is 4.73. The number of aromatic nitrogens is 3. The van der Waals surface area contributed by atoms with Gasteiger partial charge in [0.25, 0.3) is 0 Å². The summed E-state index contributed by atoms with van der Waals surface area (Å²) in [6.07, 6.45) is 0. The van der Waals surface area contributed by atoms with Crippen molar-refractivity contribution < 1.29 is 4.79 Å². The van der Waals surface area contributed by atoms with Gasteiger partial charge in [-0.2, -0.15) is 15.0 Å². The molecule has 118 valence electrons. The predicted octanol–water partition coefficient (Wildman–Crippen LogP) is 0.332. The van der Waals surface area contributed by atoms with Crippen molar-refractivity contribution in [3.8, 4) is 0 Å². The van der Waals surface area contributed by atoms with Gasteiger partial charge in [-0.1, -0.05) is 0 Å². The molecule has 2 N–H and O–H groups in total. The first kappa shape index (κ1) is 16.9. The van der Waals surface area contributed by atoms with E-state index in [1.807, 2.05) is 25.7 Å². The Morgan fingerprint density at radius 3 is 2.24 bits per heavy atom. The lowest BCUT2D eigenvalue weighted by Crippen LogP contribution is -2.34. The average Bonchev–Trinajstić information content (AvgIpc) is 2.48. The van der Waals surface area contributed by atoms with Gasteiger partial charge in [0.2, 0.25) is 23.8 Å². The molecule has 21 heavy (non-hydrogen) atoms. The Morgan fingerprint density at radius 1 is 1.10 bits per heavy atom. The van der Waals surface area contributed by atoms with Gasteiger partial charge in [0.05, 0.1) is 6.54 Å². The number of carbonyl (C=O) groups is 1. The third-order valence-electron chi connectivity index (χ3n) is 2.99. The number of rotatable bonds is 8. The van der Waals surface area contributed by atoms with Gasteiger partial charge >= 0.3 is 0 Å². The van der Waals surface area contributed by atoms with Crippen molar-refractivity contribution in [2.75, 3.05) is 55.4 Å². The minimum atomic E-state index is -0.0905. The molecule has 1 aromatic rings. The van der Waals surface area contributed by atoms with Crippen LogP contribution in [0.4, 0.5) is 17.8 Å². The molecule has 8 heteroatoms. The maximum absolute atomic E-state index is 11.5. The van der Waals surface area contributed by atoms with Crippen molar-refractivity contribution >= 4 is 23.8 Å². The summed E-state index contributed by atoms with van der Waals surface area (Å²) in [7, 11) is 3.39. The summed E-state index contributed by atoms with van der Waals surface area (Å²) in [6, 6.07) is 0. The molecule has 0 saturated carbocycles. The van der Waals surface area contributed by atoms with Crippen molar-refractivity contribution in [1.29, 1.82) is 0 Å². The number of amides is 1. The molecule has 0 aliphatic heterocycles. The third-order valence-corrected chi connectivity index (χ3v) is 2.99. The molecule has 0 bridgehead atoms. The fourth-order valence-electron chi connectivity index (χ4n) is 1.77. The maximum Gasteiger partial charge on any atom is 0.239 e. The Morgan fingerprint density at radius 2 is 1.71 bits per heavy atom. The normalized spacial score (nSPS) is 10.1. The number of carbonyl (C=O) groups excluding carboxylic acids is 1. The summed E-state index contributed by atoms with van der Waals surface area (Å²) >= 11 is 0. The van der Waals surface area contributed by atoms with Crippen LogP contribution in [0.2, 0.25) is 0 Å². The number of nitrogens with zero attached hydrogens (tertiary/aromatic N) is 5. The predicted molar refractivity (Wildman–Crippen MR) is 84.9 cm³/mol. The lowest BCUT2D eigenvalue weighted by atomic mass is 10.5. The molecule has 1 amide bonds. The zero-order chi connectivity index (χ0) is 15.8. The molecule has 0 spiro atoms. The molecule has 0 radical (unpaired) electrons. The lowest BCUT2D eigenvalue weighted by Gasteiger charge is -2.22. The average molecular weight is 295 g/mol. The summed E-state index contributed by atoms with van der Waals surface area (Å²) < 4.78 is 0. The van der Waals surface area contributed by atoms with Crippen LogP contribution < -0.4 is 20.4 Å². The highest BCUT2D eigenvalue weighted by molar-refractivity contribution is 5.80.